The molecule has 22 heavy (non-hydrogen) atoms. The highest BCUT2D eigenvalue weighted by Gasteiger charge is 2.15. The summed E-state index contributed by atoms with van der Waals surface area (Å²) in [7, 11) is 0. The average molecular weight is 329 g/mol. The van der Waals surface area contributed by atoms with Crippen LogP contribution in [0.4, 0.5) is 5.69 Å². The standard InChI is InChI=1S/C15H20N2O4.ClH/c1-3-8-17(10-15(20)21)9-14(19)16-13-7-5-4-6-12(13)11(2)18;/h4-7H,3,8-10H2,1-2H3,(H,16,19)(H,20,21);1H. The molecule has 0 bridgehead atoms. The summed E-state index contributed by atoms with van der Waals surface area (Å²) in [5.74, 6) is -1.44. The van der Waals surface area contributed by atoms with Gasteiger partial charge in [0.1, 0.15) is 0 Å². The molecule has 0 aliphatic carbocycles. The number of ketones is 1. The van der Waals surface area contributed by atoms with Gasteiger partial charge in [0.25, 0.3) is 0 Å². The van der Waals surface area contributed by atoms with Crippen molar-refractivity contribution in [1.82, 2.24) is 4.90 Å². The van der Waals surface area contributed by atoms with Crippen LogP contribution in [0, 0.1) is 0 Å². The summed E-state index contributed by atoms with van der Waals surface area (Å²) in [5.41, 5.74) is 0.882. The second kappa shape index (κ2) is 9.92. The van der Waals surface area contributed by atoms with Gasteiger partial charge in [-0.05, 0) is 32.0 Å². The predicted molar refractivity (Wildman–Crippen MR) is 86.7 cm³/mol. The van der Waals surface area contributed by atoms with Gasteiger partial charge in [-0.25, -0.2) is 0 Å². The monoisotopic (exact) mass is 328 g/mol. The number of rotatable bonds is 8. The number of nitrogens with zero attached hydrogens (tertiary/aromatic N) is 1. The second-order valence-corrected chi connectivity index (χ2v) is 4.75. The maximum Gasteiger partial charge on any atom is 0.317 e. The van der Waals surface area contributed by atoms with Crippen molar-refractivity contribution in [2.45, 2.75) is 20.3 Å². The van der Waals surface area contributed by atoms with E-state index in [-0.39, 0.29) is 37.2 Å². The summed E-state index contributed by atoms with van der Waals surface area (Å²) in [5, 5.41) is 11.5. The topological polar surface area (TPSA) is 86.7 Å². The van der Waals surface area contributed by atoms with Gasteiger partial charge in [-0.1, -0.05) is 19.1 Å². The Morgan fingerprint density at radius 2 is 1.82 bits per heavy atom. The maximum atomic E-state index is 12.0. The largest absolute Gasteiger partial charge is 0.480 e. The lowest BCUT2D eigenvalue weighted by Gasteiger charge is -2.19. The van der Waals surface area contributed by atoms with Crippen molar-refractivity contribution in [3.05, 3.63) is 29.8 Å². The normalized spacial score (nSPS) is 9.95. The van der Waals surface area contributed by atoms with Gasteiger partial charge < -0.3 is 10.4 Å². The summed E-state index contributed by atoms with van der Waals surface area (Å²) < 4.78 is 0. The van der Waals surface area contributed by atoms with E-state index in [1.165, 1.54) is 6.92 Å². The third kappa shape index (κ3) is 6.69. The molecule has 0 heterocycles. The first-order valence-electron chi connectivity index (χ1n) is 6.78. The van der Waals surface area contributed by atoms with Gasteiger partial charge in [0, 0.05) is 5.56 Å². The minimum Gasteiger partial charge on any atom is -0.480 e. The predicted octanol–water partition coefficient (Wildman–Crippen LogP) is 2.05. The van der Waals surface area contributed by atoms with E-state index in [1.807, 2.05) is 6.92 Å². The van der Waals surface area contributed by atoms with Crippen molar-refractivity contribution >= 4 is 35.8 Å². The van der Waals surface area contributed by atoms with Crippen molar-refractivity contribution in [2.24, 2.45) is 0 Å². The van der Waals surface area contributed by atoms with Crippen LogP contribution in [-0.2, 0) is 9.59 Å². The first kappa shape index (κ1) is 20.1. The molecule has 0 aliphatic rings. The molecule has 1 aromatic carbocycles. The molecule has 0 spiro atoms. The molecule has 2 N–H and O–H groups in total. The van der Waals surface area contributed by atoms with Crippen LogP contribution in [0.1, 0.15) is 30.6 Å². The highest BCUT2D eigenvalue weighted by molar-refractivity contribution is 6.04. The summed E-state index contributed by atoms with van der Waals surface area (Å²) in [4.78, 5) is 35.8. The Morgan fingerprint density at radius 1 is 1.18 bits per heavy atom. The van der Waals surface area contributed by atoms with Gasteiger partial charge in [0.05, 0.1) is 18.8 Å². The fraction of sp³-hybridized carbons (Fsp3) is 0.400. The van der Waals surface area contributed by atoms with Crippen molar-refractivity contribution in [1.29, 1.82) is 0 Å². The van der Waals surface area contributed by atoms with Gasteiger partial charge in [0.2, 0.25) is 5.91 Å². The van der Waals surface area contributed by atoms with Crippen LogP contribution in [0.5, 0.6) is 0 Å². The molecule has 0 aliphatic heterocycles. The highest BCUT2D eigenvalue weighted by Crippen LogP contribution is 2.15. The van der Waals surface area contributed by atoms with E-state index in [2.05, 4.69) is 5.32 Å². The number of amides is 1. The first-order valence-corrected chi connectivity index (χ1v) is 6.78. The average Bonchev–Trinajstić information content (AvgIpc) is 2.38. The zero-order valence-electron chi connectivity index (χ0n) is 12.7. The molecular formula is C15H21ClN2O4. The summed E-state index contributed by atoms with van der Waals surface area (Å²) in [6, 6.07) is 6.73. The summed E-state index contributed by atoms with van der Waals surface area (Å²) in [6.45, 7) is 3.66. The third-order valence-electron chi connectivity index (χ3n) is 2.85. The second-order valence-electron chi connectivity index (χ2n) is 4.75. The lowest BCUT2D eigenvalue weighted by atomic mass is 10.1. The number of hydrogen-bond donors (Lipinski definition) is 2. The zero-order chi connectivity index (χ0) is 15.8. The minimum atomic E-state index is -0.972. The number of carbonyl (C=O) groups excluding carboxylic acids is 2. The molecule has 0 fully saturated rings. The molecular weight excluding hydrogens is 308 g/mol. The number of Topliss-reactive ketones (excluding diaryl/α,β-unsaturated/α-hetero) is 1. The van der Waals surface area contributed by atoms with Crippen molar-refractivity contribution in [2.75, 3.05) is 25.0 Å². The number of aliphatic carboxylic acids is 1. The molecule has 6 nitrogen and oxygen atoms in total. The number of carboxylic acid groups (broad SMARTS) is 1. The Hall–Kier alpha value is -1.92. The smallest absolute Gasteiger partial charge is 0.317 e. The first-order chi connectivity index (χ1) is 9.93. The molecule has 7 heteroatoms. The number of hydrogen-bond acceptors (Lipinski definition) is 4. The van der Waals surface area contributed by atoms with Crippen LogP contribution in [0.3, 0.4) is 0 Å². The molecule has 122 valence electrons. The molecule has 1 aromatic rings. The number of para-hydroxylation sites is 1. The quantitative estimate of drug-likeness (QED) is 0.713. The molecule has 1 amide bonds. The molecule has 1 rings (SSSR count). The van der Waals surface area contributed by atoms with Crippen LogP contribution in [-0.4, -0.2) is 47.3 Å². The number of benzene rings is 1. The minimum absolute atomic E-state index is 0. The van der Waals surface area contributed by atoms with E-state index in [0.29, 0.717) is 17.8 Å². The Balaban J connectivity index is 0.00000441. The van der Waals surface area contributed by atoms with Gasteiger partial charge in [0.15, 0.2) is 5.78 Å². The molecule has 0 saturated heterocycles. The van der Waals surface area contributed by atoms with Gasteiger partial charge >= 0.3 is 5.97 Å². The number of nitrogens with one attached hydrogen (secondary N) is 1. The van der Waals surface area contributed by atoms with E-state index in [0.717, 1.165) is 6.42 Å². The number of anilines is 1. The summed E-state index contributed by atoms with van der Waals surface area (Å²) >= 11 is 0. The maximum absolute atomic E-state index is 12.0. The Labute approximate surface area is 135 Å². The van der Waals surface area contributed by atoms with Crippen molar-refractivity contribution < 1.29 is 19.5 Å². The van der Waals surface area contributed by atoms with Crippen LogP contribution in [0.15, 0.2) is 24.3 Å². The lowest BCUT2D eigenvalue weighted by molar-refractivity contribution is -0.138. The fourth-order valence-corrected chi connectivity index (χ4v) is 2.01. The van der Waals surface area contributed by atoms with Crippen LogP contribution in [0.25, 0.3) is 0 Å². The van der Waals surface area contributed by atoms with Gasteiger partial charge in [-0.3, -0.25) is 19.3 Å². The summed E-state index contributed by atoms with van der Waals surface area (Å²) in [6.07, 6.45) is 0.755. The van der Waals surface area contributed by atoms with E-state index in [1.54, 1.807) is 29.2 Å². The number of carboxylic acids is 1. The Kier molecular flexibility index (Phi) is 9.05. The highest BCUT2D eigenvalue weighted by atomic mass is 35.5. The van der Waals surface area contributed by atoms with E-state index >= 15 is 0 Å². The lowest BCUT2D eigenvalue weighted by Crippen LogP contribution is -2.37. The van der Waals surface area contributed by atoms with Gasteiger partial charge in [-0.2, -0.15) is 0 Å². The number of carbonyl (C=O) groups is 3. The van der Waals surface area contributed by atoms with Crippen LogP contribution in [0.2, 0.25) is 0 Å². The van der Waals surface area contributed by atoms with Crippen molar-refractivity contribution in [3.63, 3.8) is 0 Å². The van der Waals surface area contributed by atoms with Crippen LogP contribution >= 0.6 is 12.4 Å². The Bertz CT molecular complexity index is 534. The Morgan fingerprint density at radius 3 is 2.36 bits per heavy atom. The third-order valence-corrected chi connectivity index (χ3v) is 2.85. The molecule has 0 unspecified atom stereocenters. The van der Waals surface area contributed by atoms with E-state index < -0.39 is 5.97 Å². The molecule has 0 radical (unpaired) electrons. The zero-order valence-corrected chi connectivity index (χ0v) is 13.5. The molecule has 0 saturated carbocycles. The van der Waals surface area contributed by atoms with Gasteiger partial charge in [-0.15, -0.1) is 12.4 Å². The van der Waals surface area contributed by atoms with Crippen molar-refractivity contribution in [3.8, 4) is 0 Å². The van der Waals surface area contributed by atoms with E-state index in [4.69, 9.17) is 5.11 Å². The van der Waals surface area contributed by atoms with Crippen LogP contribution < -0.4 is 5.32 Å². The molecule has 0 atom stereocenters. The SMILES string of the molecule is CCCN(CC(=O)O)CC(=O)Nc1ccccc1C(C)=O.Cl. The fourth-order valence-electron chi connectivity index (χ4n) is 2.01. The van der Waals surface area contributed by atoms with E-state index in [9.17, 15) is 14.4 Å². The number of halogens is 1. The molecule has 0 aromatic heterocycles.